The summed E-state index contributed by atoms with van der Waals surface area (Å²) in [7, 11) is 0. The van der Waals surface area contributed by atoms with Crippen molar-refractivity contribution < 1.29 is 0 Å². The second-order valence-corrected chi connectivity index (χ2v) is 15.6. The largest absolute Gasteiger partial charge is 0.310 e. The molecule has 0 unspecified atom stereocenters. The molecule has 2 aliphatic rings. The van der Waals surface area contributed by atoms with Crippen molar-refractivity contribution in [3.8, 4) is 22.3 Å². The van der Waals surface area contributed by atoms with Gasteiger partial charge in [0.05, 0.1) is 5.69 Å². The number of anilines is 3. The number of benzene rings is 6. The Bertz CT molecular complexity index is 2200. The molecule has 6 aromatic rings. The molecule has 0 aromatic heterocycles. The molecular weight excluding hydrogens is 555 g/mol. The van der Waals surface area contributed by atoms with Crippen molar-refractivity contribution in [3.63, 3.8) is 0 Å². The van der Waals surface area contributed by atoms with Crippen molar-refractivity contribution in [3.05, 3.63) is 149 Å². The van der Waals surface area contributed by atoms with Crippen LogP contribution in [-0.2, 0) is 16.2 Å². The zero-order valence-corrected chi connectivity index (χ0v) is 28.4. The summed E-state index contributed by atoms with van der Waals surface area (Å²) in [6.07, 6.45) is 0. The van der Waals surface area contributed by atoms with Crippen LogP contribution in [-0.4, -0.2) is 0 Å². The van der Waals surface area contributed by atoms with E-state index in [9.17, 15) is 0 Å². The SMILES string of the molecule is Cc1ccc2c(N(c3ccc4c(c3)C(C)(C)c3ccccc3-4)c3ccc4c(c3)C(C)(C)c3cc(C(C)(C)C)ccc3-4)cccc2c1. The Morgan fingerprint density at radius 3 is 1.72 bits per heavy atom. The molecule has 8 rings (SSSR count). The van der Waals surface area contributed by atoms with E-state index in [2.05, 4.69) is 176 Å². The van der Waals surface area contributed by atoms with Gasteiger partial charge < -0.3 is 4.90 Å². The van der Waals surface area contributed by atoms with E-state index in [0.717, 1.165) is 0 Å². The average Bonchev–Trinajstić information content (AvgIpc) is 3.40. The molecule has 0 saturated heterocycles. The minimum atomic E-state index is -0.106. The van der Waals surface area contributed by atoms with Crippen LogP contribution in [0.25, 0.3) is 33.0 Å². The minimum Gasteiger partial charge on any atom is -0.310 e. The number of nitrogens with zero attached hydrogens (tertiary/aromatic N) is 1. The molecule has 0 spiro atoms. The van der Waals surface area contributed by atoms with Crippen molar-refractivity contribution in [2.45, 2.75) is 71.6 Å². The summed E-state index contributed by atoms with van der Waals surface area (Å²) in [5.41, 5.74) is 17.2. The summed E-state index contributed by atoms with van der Waals surface area (Å²) in [6.45, 7) is 18.6. The number of hydrogen-bond donors (Lipinski definition) is 0. The van der Waals surface area contributed by atoms with Gasteiger partial charge in [0.15, 0.2) is 0 Å². The number of hydrogen-bond acceptors (Lipinski definition) is 1. The smallest absolute Gasteiger partial charge is 0.0540 e. The lowest BCUT2D eigenvalue weighted by molar-refractivity contribution is 0.584. The van der Waals surface area contributed by atoms with Gasteiger partial charge in [-0.2, -0.15) is 0 Å². The molecule has 0 saturated carbocycles. The summed E-state index contributed by atoms with van der Waals surface area (Å²) in [6, 6.07) is 43.9. The van der Waals surface area contributed by atoms with Crippen molar-refractivity contribution in [2.24, 2.45) is 0 Å². The Hall–Kier alpha value is -4.62. The summed E-state index contributed by atoms with van der Waals surface area (Å²) < 4.78 is 0. The van der Waals surface area contributed by atoms with Gasteiger partial charge in [-0.3, -0.25) is 0 Å². The van der Waals surface area contributed by atoms with Gasteiger partial charge in [0.25, 0.3) is 0 Å². The second-order valence-electron chi connectivity index (χ2n) is 15.6. The second kappa shape index (κ2) is 9.69. The molecule has 46 heavy (non-hydrogen) atoms. The van der Waals surface area contributed by atoms with Gasteiger partial charge in [0.1, 0.15) is 0 Å². The van der Waals surface area contributed by atoms with E-state index in [1.54, 1.807) is 0 Å². The highest BCUT2D eigenvalue weighted by atomic mass is 15.1. The van der Waals surface area contributed by atoms with Crippen LogP contribution < -0.4 is 4.90 Å². The minimum absolute atomic E-state index is 0.0736. The van der Waals surface area contributed by atoms with E-state index in [-0.39, 0.29) is 16.2 Å². The topological polar surface area (TPSA) is 3.24 Å². The van der Waals surface area contributed by atoms with Crippen molar-refractivity contribution in [1.82, 2.24) is 0 Å². The van der Waals surface area contributed by atoms with Crippen LogP contribution in [0.3, 0.4) is 0 Å². The van der Waals surface area contributed by atoms with Crippen LogP contribution in [0.2, 0.25) is 0 Å². The molecule has 0 atom stereocenters. The van der Waals surface area contributed by atoms with Gasteiger partial charge in [-0.25, -0.2) is 0 Å². The van der Waals surface area contributed by atoms with Crippen molar-refractivity contribution in [1.29, 1.82) is 0 Å². The first-order valence-corrected chi connectivity index (χ1v) is 16.7. The third kappa shape index (κ3) is 4.14. The maximum Gasteiger partial charge on any atom is 0.0540 e. The van der Waals surface area contributed by atoms with E-state index in [4.69, 9.17) is 0 Å². The summed E-state index contributed by atoms with van der Waals surface area (Å²) in [5, 5.41) is 2.52. The summed E-state index contributed by atoms with van der Waals surface area (Å²) in [5.74, 6) is 0. The molecule has 1 heteroatoms. The number of aryl methyl sites for hydroxylation is 1. The fourth-order valence-corrected chi connectivity index (χ4v) is 8.17. The highest BCUT2D eigenvalue weighted by molar-refractivity contribution is 6.00. The fourth-order valence-electron chi connectivity index (χ4n) is 8.17. The maximum atomic E-state index is 2.50. The summed E-state index contributed by atoms with van der Waals surface area (Å²) in [4.78, 5) is 2.50. The van der Waals surface area contributed by atoms with Gasteiger partial charge >= 0.3 is 0 Å². The lowest BCUT2D eigenvalue weighted by Crippen LogP contribution is -2.19. The molecule has 0 heterocycles. The Morgan fingerprint density at radius 1 is 0.500 bits per heavy atom. The molecule has 0 aliphatic heterocycles. The normalized spacial score (nSPS) is 15.3. The molecule has 2 aliphatic carbocycles. The zero-order valence-electron chi connectivity index (χ0n) is 28.4. The van der Waals surface area contributed by atoms with Gasteiger partial charge in [0, 0.05) is 27.6 Å². The van der Waals surface area contributed by atoms with Crippen LogP contribution in [0, 0.1) is 6.92 Å². The van der Waals surface area contributed by atoms with Gasteiger partial charge in [-0.1, -0.05) is 139 Å². The quantitative estimate of drug-likeness (QED) is 0.196. The first-order chi connectivity index (χ1) is 21.9. The zero-order chi connectivity index (χ0) is 32.2. The highest BCUT2D eigenvalue weighted by Crippen LogP contribution is 2.54. The predicted octanol–water partition coefficient (Wildman–Crippen LogP) is 12.5. The van der Waals surface area contributed by atoms with Crippen molar-refractivity contribution >= 4 is 27.8 Å². The Kier molecular flexibility index (Phi) is 6.07. The predicted molar refractivity (Wildman–Crippen MR) is 197 cm³/mol. The summed E-state index contributed by atoms with van der Waals surface area (Å²) >= 11 is 0. The lowest BCUT2D eigenvalue weighted by Gasteiger charge is -2.30. The first kappa shape index (κ1) is 28.8. The van der Waals surface area contributed by atoms with Gasteiger partial charge in [-0.15, -0.1) is 0 Å². The highest BCUT2D eigenvalue weighted by Gasteiger charge is 2.38. The Morgan fingerprint density at radius 2 is 1.07 bits per heavy atom. The van der Waals surface area contributed by atoms with Crippen molar-refractivity contribution in [2.75, 3.05) is 4.90 Å². The fraction of sp³-hybridized carbons (Fsp3) is 0.244. The van der Waals surface area contributed by atoms with E-state index >= 15 is 0 Å². The molecular formula is C45H43N. The van der Waals surface area contributed by atoms with Gasteiger partial charge in [-0.05, 0) is 98.1 Å². The lowest BCUT2D eigenvalue weighted by atomic mass is 9.79. The van der Waals surface area contributed by atoms with E-state index < -0.39 is 0 Å². The number of rotatable bonds is 3. The molecule has 0 amide bonds. The average molecular weight is 598 g/mol. The first-order valence-electron chi connectivity index (χ1n) is 16.7. The third-order valence-corrected chi connectivity index (χ3v) is 10.9. The molecule has 0 radical (unpaired) electrons. The Balaban J connectivity index is 1.34. The van der Waals surface area contributed by atoms with Crippen LogP contribution in [0.1, 0.15) is 81.8 Å². The third-order valence-electron chi connectivity index (χ3n) is 10.9. The number of fused-ring (bicyclic) bond motifs is 7. The molecule has 0 bridgehead atoms. The van der Waals surface area contributed by atoms with Crippen LogP contribution >= 0.6 is 0 Å². The van der Waals surface area contributed by atoms with Gasteiger partial charge in [0.2, 0.25) is 0 Å². The van der Waals surface area contributed by atoms with Crippen LogP contribution in [0.15, 0.2) is 115 Å². The monoisotopic (exact) mass is 597 g/mol. The van der Waals surface area contributed by atoms with E-state index in [0.29, 0.717) is 0 Å². The molecule has 228 valence electrons. The Labute approximate surface area is 274 Å². The van der Waals surface area contributed by atoms with E-state index in [1.807, 2.05) is 0 Å². The van der Waals surface area contributed by atoms with Crippen LogP contribution in [0.4, 0.5) is 17.1 Å². The molecule has 0 N–H and O–H groups in total. The maximum absolute atomic E-state index is 2.50. The molecule has 1 nitrogen and oxygen atoms in total. The van der Waals surface area contributed by atoms with Crippen LogP contribution in [0.5, 0.6) is 0 Å². The standard InChI is InChI=1S/C45H43N/c1-28-16-20-33-29(24-28)12-11-15-42(33)46(31-18-22-36-34-13-9-10-14-38(34)44(5,6)40(36)26-31)32-19-23-37-35-21-17-30(43(2,3)4)25-39(35)45(7,8)41(37)27-32/h9-27H,1-8H3. The van der Waals surface area contributed by atoms with E-state index in [1.165, 1.54) is 83.5 Å². The molecule has 0 fully saturated rings. The molecule has 6 aromatic carbocycles.